The number of rotatable bonds is 5. The Morgan fingerprint density at radius 1 is 1.12 bits per heavy atom. The van der Waals surface area contributed by atoms with Gasteiger partial charge in [-0.2, -0.15) is 5.26 Å². The van der Waals surface area contributed by atoms with Crippen LogP contribution >= 0.6 is 11.3 Å². The van der Waals surface area contributed by atoms with Crippen molar-refractivity contribution in [2.45, 2.75) is 13.1 Å². The van der Waals surface area contributed by atoms with Gasteiger partial charge in [-0.3, -0.25) is 9.59 Å². The van der Waals surface area contributed by atoms with E-state index in [1.807, 2.05) is 36.4 Å². The number of benzene rings is 2. The van der Waals surface area contributed by atoms with E-state index in [2.05, 4.69) is 11.4 Å². The molecule has 1 N–H and O–H groups in total. The monoisotopic (exact) mass is 349 g/mol. The van der Waals surface area contributed by atoms with Crippen molar-refractivity contribution in [3.05, 3.63) is 92.0 Å². The molecule has 3 aromatic rings. The van der Waals surface area contributed by atoms with Gasteiger partial charge in [0.25, 0.3) is 5.91 Å². The molecule has 124 valence electrons. The highest BCUT2D eigenvalue weighted by atomic mass is 32.1. The number of aromatic nitrogens is 1. The number of carbonyl (C=O) groups excluding carboxylic acids is 1. The second-order valence-corrected chi connectivity index (χ2v) is 6.42. The first-order valence-electron chi connectivity index (χ1n) is 7.68. The lowest BCUT2D eigenvalue weighted by molar-refractivity contribution is 0.0954. The molecule has 0 unspecified atom stereocenters. The maximum absolute atomic E-state index is 12.3. The largest absolute Gasteiger partial charge is 0.347 e. The molecule has 25 heavy (non-hydrogen) atoms. The fourth-order valence-corrected chi connectivity index (χ4v) is 3.17. The normalized spacial score (nSPS) is 10.2. The molecule has 3 rings (SSSR count). The summed E-state index contributed by atoms with van der Waals surface area (Å²) in [7, 11) is 0. The van der Waals surface area contributed by atoms with Gasteiger partial charge in [-0.1, -0.05) is 59.9 Å². The van der Waals surface area contributed by atoms with Gasteiger partial charge in [0, 0.05) is 12.7 Å². The quantitative estimate of drug-likeness (QED) is 0.769. The Morgan fingerprint density at radius 3 is 2.60 bits per heavy atom. The summed E-state index contributed by atoms with van der Waals surface area (Å²) in [6, 6.07) is 18.8. The van der Waals surface area contributed by atoms with Gasteiger partial charge in [0.15, 0.2) is 0 Å². The summed E-state index contributed by atoms with van der Waals surface area (Å²) in [6.07, 6.45) is 1.54. The Labute approximate surface area is 148 Å². The van der Waals surface area contributed by atoms with E-state index in [0.717, 1.165) is 22.5 Å². The molecule has 0 bridgehead atoms. The minimum Gasteiger partial charge on any atom is -0.347 e. The van der Waals surface area contributed by atoms with Crippen molar-refractivity contribution < 1.29 is 4.79 Å². The van der Waals surface area contributed by atoms with Gasteiger partial charge in [-0.05, 0) is 17.2 Å². The van der Waals surface area contributed by atoms with E-state index in [1.165, 1.54) is 4.57 Å². The summed E-state index contributed by atoms with van der Waals surface area (Å²) in [6.45, 7) is 0.675. The maximum atomic E-state index is 12.3. The molecule has 0 aliphatic carbocycles. The van der Waals surface area contributed by atoms with Crippen LogP contribution in [0.3, 0.4) is 0 Å². The van der Waals surface area contributed by atoms with Crippen molar-refractivity contribution in [1.82, 2.24) is 9.88 Å². The Kier molecular flexibility index (Phi) is 5.07. The van der Waals surface area contributed by atoms with E-state index < -0.39 is 0 Å². The first kappa shape index (κ1) is 16.7. The lowest BCUT2D eigenvalue weighted by Gasteiger charge is -2.04. The van der Waals surface area contributed by atoms with Crippen molar-refractivity contribution in [2.75, 3.05) is 0 Å². The van der Waals surface area contributed by atoms with E-state index in [4.69, 9.17) is 5.26 Å². The third-order valence-corrected chi connectivity index (χ3v) is 4.62. The zero-order chi connectivity index (χ0) is 17.6. The first-order valence-corrected chi connectivity index (χ1v) is 8.49. The molecule has 0 radical (unpaired) electrons. The van der Waals surface area contributed by atoms with Gasteiger partial charge in [-0.15, -0.1) is 0 Å². The number of hydrogen-bond donors (Lipinski definition) is 1. The molecule has 0 saturated heterocycles. The molecule has 0 atom stereocenters. The molecular formula is C19H15N3O2S. The smallest absolute Gasteiger partial charge is 0.308 e. The molecule has 6 heteroatoms. The average molecular weight is 349 g/mol. The van der Waals surface area contributed by atoms with Gasteiger partial charge >= 0.3 is 4.87 Å². The minimum absolute atomic E-state index is 0.224. The summed E-state index contributed by atoms with van der Waals surface area (Å²) in [5.74, 6) is -0.279. The van der Waals surface area contributed by atoms with Gasteiger partial charge in [0.2, 0.25) is 0 Å². The average Bonchev–Trinajstić information content (AvgIpc) is 3.02. The SMILES string of the molecule is N#Cc1ccccc1Cn1cc(C(=O)NCc2ccccc2)sc1=O. The molecule has 1 aromatic heterocycles. The van der Waals surface area contributed by atoms with E-state index in [0.29, 0.717) is 17.0 Å². The Bertz CT molecular complexity index is 984. The minimum atomic E-state index is -0.279. The first-order chi connectivity index (χ1) is 12.2. The molecular weight excluding hydrogens is 334 g/mol. The summed E-state index contributed by atoms with van der Waals surface area (Å²) in [4.78, 5) is 24.5. The third-order valence-electron chi connectivity index (χ3n) is 3.70. The topological polar surface area (TPSA) is 74.9 Å². The predicted octanol–water partition coefficient (Wildman–Crippen LogP) is 2.76. The fraction of sp³-hybridized carbons (Fsp3) is 0.105. The molecule has 2 aromatic carbocycles. The van der Waals surface area contributed by atoms with Crippen molar-refractivity contribution in [2.24, 2.45) is 0 Å². The van der Waals surface area contributed by atoms with Crippen LogP contribution < -0.4 is 10.2 Å². The third kappa shape index (κ3) is 4.03. The molecule has 0 aliphatic rings. The number of nitrogens with one attached hydrogen (secondary N) is 1. The van der Waals surface area contributed by atoms with Crippen molar-refractivity contribution >= 4 is 17.2 Å². The van der Waals surface area contributed by atoms with Gasteiger partial charge in [0.1, 0.15) is 4.88 Å². The second kappa shape index (κ2) is 7.60. The molecule has 0 spiro atoms. The molecule has 5 nitrogen and oxygen atoms in total. The Balaban J connectivity index is 1.73. The molecule has 0 aliphatic heterocycles. The van der Waals surface area contributed by atoms with Crippen LogP contribution in [0.15, 0.2) is 65.6 Å². The van der Waals surface area contributed by atoms with Crippen LogP contribution in [0.1, 0.15) is 26.4 Å². The number of hydrogen-bond acceptors (Lipinski definition) is 4. The summed E-state index contributed by atoms with van der Waals surface area (Å²) < 4.78 is 1.46. The summed E-state index contributed by atoms with van der Waals surface area (Å²) in [5.41, 5.74) is 2.27. The van der Waals surface area contributed by atoms with E-state index in [-0.39, 0.29) is 17.3 Å². The highest BCUT2D eigenvalue weighted by Crippen LogP contribution is 2.11. The lowest BCUT2D eigenvalue weighted by Crippen LogP contribution is -2.21. The van der Waals surface area contributed by atoms with Crippen LogP contribution in [0.4, 0.5) is 0 Å². The van der Waals surface area contributed by atoms with Crippen molar-refractivity contribution in [3.8, 4) is 6.07 Å². The number of amides is 1. The zero-order valence-corrected chi connectivity index (χ0v) is 14.1. The summed E-state index contributed by atoms with van der Waals surface area (Å²) >= 11 is 0.903. The van der Waals surface area contributed by atoms with E-state index >= 15 is 0 Å². The molecule has 0 saturated carbocycles. The second-order valence-electron chi connectivity index (χ2n) is 5.43. The van der Waals surface area contributed by atoms with Crippen LogP contribution in [0.5, 0.6) is 0 Å². The Hall–Kier alpha value is -3.17. The van der Waals surface area contributed by atoms with Crippen LogP contribution in [0, 0.1) is 11.3 Å². The zero-order valence-electron chi connectivity index (χ0n) is 13.3. The highest BCUT2D eigenvalue weighted by molar-refractivity contribution is 7.11. The fourth-order valence-electron chi connectivity index (χ4n) is 2.40. The predicted molar refractivity (Wildman–Crippen MR) is 96.5 cm³/mol. The Morgan fingerprint density at radius 2 is 1.84 bits per heavy atom. The highest BCUT2D eigenvalue weighted by Gasteiger charge is 2.13. The molecule has 1 heterocycles. The number of nitrogens with zero attached hydrogens (tertiary/aromatic N) is 2. The van der Waals surface area contributed by atoms with E-state index in [9.17, 15) is 9.59 Å². The van der Waals surface area contributed by atoms with Crippen LogP contribution in [-0.2, 0) is 13.1 Å². The van der Waals surface area contributed by atoms with Crippen molar-refractivity contribution in [3.63, 3.8) is 0 Å². The van der Waals surface area contributed by atoms with Crippen LogP contribution in [-0.4, -0.2) is 10.5 Å². The molecule has 0 fully saturated rings. The van der Waals surface area contributed by atoms with E-state index in [1.54, 1.807) is 24.4 Å². The number of carbonyl (C=O) groups is 1. The standard InChI is InChI=1S/C19H15N3O2S/c20-10-15-8-4-5-9-16(15)12-22-13-17(25-19(22)24)18(23)21-11-14-6-2-1-3-7-14/h1-9,13H,11-12H2,(H,21,23). The van der Waals surface area contributed by atoms with Crippen molar-refractivity contribution in [1.29, 1.82) is 5.26 Å². The van der Waals surface area contributed by atoms with Gasteiger partial charge < -0.3 is 9.88 Å². The van der Waals surface area contributed by atoms with Crippen LogP contribution in [0.2, 0.25) is 0 Å². The van der Waals surface area contributed by atoms with Gasteiger partial charge in [0.05, 0.1) is 18.2 Å². The lowest BCUT2D eigenvalue weighted by atomic mass is 10.1. The maximum Gasteiger partial charge on any atom is 0.308 e. The summed E-state index contributed by atoms with van der Waals surface area (Å²) in [5, 5.41) is 11.9. The van der Waals surface area contributed by atoms with Gasteiger partial charge in [-0.25, -0.2) is 0 Å². The number of nitriles is 1. The van der Waals surface area contributed by atoms with Crippen LogP contribution in [0.25, 0.3) is 0 Å². The molecule has 1 amide bonds. The number of thiazole rings is 1.